The molecule has 1 saturated carbocycles. The summed E-state index contributed by atoms with van der Waals surface area (Å²) in [6, 6.07) is 5.75. The molecule has 1 aliphatic carbocycles. The molecule has 6 heteroatoms. The minimum atomic E-state index is -0.782. The van der Waals surface area contributed by atoms with E-state index < -0.39 is 5.97 Å². The molecule has 1 N–H and O–H groups in total. The molecule has 2 heterocycles. The van der Waals surface area contributed by atoms with Crippen molar-refractivity contribution < 1.29 is 9.90 Å². The fraction of sp³-hybridized carbons (Fsp3) is 0.400. The molecule has 1 aliphatic rings. The monoisotopic (exact) mass is 303 g/mol. The summed E-state index contributed by atoms with van der Waals surface area (Å²) >= 11 is 1.55. The van der Waals surface area contributed by atoms with E-state index in [1.807, 2.05) is 28.5 Å². The largest absolute Gasteiger partial charge is 0.480 e. The lowest BCUT2D eigenvalue weighted by molar-refractivity contribution is -0.138. The molecule has 0 saturated heterocycles. The standard InChI is InChI=1S/C15H17N3O2S/c19-14(20)9-18(7-11-4-5-11)8-12-10-21-15(17-12)13-3-1-2-6-16-13/h1-3,6,10-11H,4-5,7-9H2,(H,19,20). The highest BCUT2D eigenvalue weighted by Gasteiger charge is 2.25. The lowest BCUT2D eigenvalue weighted by atomic mass is 10.3. The van der Waals surface area contributed by atoms with Crippen LogP contribution in [0.1, 0.15) is 18.5 Å². The molecular formula is C15H17N3O2S. The van der Waals surface area contributed by atoms with E-state index in [4.69, 9.17) is 5.11 Å². The summed E-state index contributed by atoms with van der Waals surface area (Å²) in [4.78, 5) is 21.8. The Bertz CT molecular complexity index is 610. The molecule has 2 aromatic rings. The first-order chi connectivity index (χ1) is 10.2. The molecule has 5 nitrogen and oxygen atoms in total. The first-order valence-electron chi connectivity index (χ1n) is 7.00. The fourth-order valence-corrected chi connectivity index (χ4v) is 3.04. The third-order valence-electron chi connectivity index (χ3n) is 3.39. The van der Waals surface area contributed by atoms with Gasteiger partial charge in [0.15, 0.2) is 0 Å². The van der Waals surface area contributed by atoms with Gasteiger partial charge in [-0.25, -0.2) is 4.98 Å². The molecule has 0 amide bonds. The van der Waals surface area contributed by atoms with E-state index >= 15 is 0 Å². The van der Waals surface area contributed by atoms with Gasteiger partial charge < -0.3 is 5.11 Å². The molecule has 0 unspecified atom stereocenters. The molecular weight excluding hydrogens is 286 g/mol. The van der Waals surface area contributed by atoms with Crippen LogP contribution < -0.4 is 0 Å². The number of aliphatic carboxylic acids is 1. The van der Waals surface area contributed by atoms with Crippen molar-refractivity contribution in [1.82, 2.24) is 14.9 Å². The Morgan fingerprint density at radius 3 is 2.95 bits per heavy atom. The van der Waals surface area contributed by atoms with E-state index in [0.29, 0.717) is 12.5 Å². The van der Waals surface area contributed by atoms with Gasteiger partial charge in [0.2, 0.25) is 0 Å². The smallest absolute Gasteiger partial charge is 0.317 e. The van der Waals surface area contributed by atoms with Crippen molar-refractivity contribution in [2.75, 3.05) is 13.1 Å². The fourth-order valence-electron chi connectivity index (χ4n) is 2.26. The maximum atomic E-state index is 11.0. The van der Waals surface area contributed by atoms with Crippen molar-refractivity contribution in [3.63, 3.8) is 0 Å². The van der Waals surface area contributed by atoms with Crippen molar-refractivity contribution in [1.29, 1.82) is 0 Å². The molecule has 1 fully saturated rings. The van der Waals surface area contributed by atoms with E-state index in [1.54, 1.807) is 17.5 Å². The number of carboxylic acids is 1. The van der Waals surface area contributed by atoms with Crippen LogP contribution >= 0.6 is 11.3 Å². The van der Waals surface area contributed by atoms with E-state index in [2.05, 4.69) is 9.97 Å². The van der Waals surface area contributed by atoms with Crippen LogP contribution in [0.4, 0.5) is 0 Å². The van der Waals surface area contributed by atoms with Gasteiger partial charge in [-0.1, -0.05) is 6.07 Å². The van der Waals surface area contributed by atoms with Gasteiger partial charge in [0, 0.05) is 24.7 Å². The number of carboxylic acid groups (broad SMARTS) is 1. The van der Waals surface area contributed by atoms with Crippen molar-refractivity contribution >= 4 is 17.3 Å². The summed E-state index contributed by atoms with van der Waals surface area (Å²) in [5.74, 6) is -0.117. The van der Waals surface area contributed by atoms with Crippen LogP contribution in [-0.2, 0) is 11.3 Å². The third kappa shape index (κ3) is 4.09. The van der Waals surface area contributed by atoms with Crippen LogP contribution in [0.5, 0.6) is 0 Å². The van der Waals surface area contributed by atoms with Crippen LogP contribution in [0.3, 0.4) is 0 Å². The molecule has 0 spiro atoms. The Morgan fingerprint density at radius 1 is 1.43 bits per heavy atom. The van der Waals surface area contributed by atoms with E-state index in [-0.39, 0.29) is 6.54 Å². The summed E-state index contributed by atoms with van der Waals surface area (Å²) in [5.41, 5.74) is 1.78. The summed E-state index contributed by atoms with van der Waals surface area (Å²) in [5, 5.41) is 11.9. The SMILES string of the molecule is O=C(O)CN(Cc1csc(-c2ccccn2)n1)CC1CC1. The van der Waals surface area contributed by atoms with Gasteiger partial charge in [-0.05, 0) is 30.9 Å². The quantitative estimate of drug-likeness (QED) is 0.851. The number of nitrogens with zero attached hydrogens (tertiary/aromatic N) is 3. The highest BCUT2D eigenvalue weighted by molar-refractivity contribution is 7.13. The first-order valence-corrected chi connectivity index (χ1v) is 7.88. The van der Waals surface area contributed by atoms with Crippen LogP contribution in [0.2, 0.25) is 0 Å². The average molecular weight is 303 g/mol. The third-order valence-corrected chi connectivity index (χ3v) is 4.31. The Hall–Kier alpha value is -1.79. The highest BCUT2D eigenvalue weighted by atomic mass is 32.1. The first kappa shape index (κ1) is 14.2. The van der Waals surface area contributed by atoms with Gasteiger partial charge in [0.1, 0.15) is 5.01 Å². The second kappa shape index (κ2) is 6.32. The zero-order valence-corrected chi connectivity index (χ0v) is 12.4. The molecule has 21 heavy (non-hydrogen) atoms. The molecule has 3 rings (SSSR count). The normalized spacial score (nSPS) is 14.5. The van der Waals surface area contributed by atoms with E-state index in [9.17, 15) is 4.79 Å². The predicted octanol–water partition coefficient (Wildman–Crippen LogP) is 2.50. The topological polar surface area (TPSA) is 66.3 Å². The number of thiazole rings is 1. The second-order valence-electron chi connectivity index (χ2n) is 5.37. The lowest BCUT2D eigenvalue weighted by Crippen LogP contribution is -2.31. The van der Waals surface area contributed by atoms with Crippen molar-refractivity contribution in [3.8, 4) is 10.7 Å². The van der Waals surface area contributed by atoms with Crippen LogP contribution in [0, 0.1) is 5.92 Å². The minimum Gasteiger partial charge on any atom is -0.480 e. The van der Waals surface area contributed by atoms with Crippen molar-refractivity contribution in [2.45, 2.75) is 19.4 Å². The summed E-state index contributed by atoms with van der Waals surface area (Å²) in [6.45, 7) is 1.52. The Kier molecular flexibility index (Phi) is 4.26. The van der Waals surface area contributed by atoms with Gasteiger partial charge in [-0.2, -0.15) is 0 Å². The van der Waals surface area contributed by atoms with Gasteiger partial charge in [0.25, 0.3) is 0 Å². The molecule has 110 valence electrons. The maximum Gasteiger partial charge on any atom is 0.317 e. The molecule has 0 aliphatic heterocycles. The Morgan fingerprint density at radius 2 is 2.29 bits per heavy atom. The summed E-state index contributed by atoms with van der Waals surface area (Å²) in [6.07, 6.45) is 4.18. The Labute approximate surface area is 127 Å². The van der Waals surface area contributed by atoms with Crippen molar-refractivity contribution in [2.24, 2.45) is 5.92 Å². The summed E-state index contributed by atoms with van der Waals surface area (Å²) in [7, 11) is 0. The number of pyridine rings is 1. The predicted molar refractivity (Wildman–Crippen MR) is 81.0 cm³/mol. The average Bonchev–Trinajstić information content (AvgIpc) is 3.15. The summed E-state index contributed by atoms with van der Waals surface area (Å²) < 4.78 is 0. The molecule has 2 aromatic heterocycles. The number of carbonyl (C=O) groups is 1. The molecule has 0 radical (unpaired) electrons. The highest BCUT2D eigenvalue weighted by Crippen LogP contribution is 2.30. The van der Waals surface area contributed by atoms with Crippen LogP contribution in [-0.4, -0.2) is 39.0 Å². The number of hydrogen-bond donors (Lipinski definition) is 1. The molecule has 0 aromatic carbocycles. The van der Waals surface area contributed by atoms with Crippen LogP contribution in [0.15, 0.2) is 29.8 Å². The number of hydrogen-bond acceptors (Lipinski definition) is 5. The number of rotatable bonds is 7. The second-order valence-corrected chi connectivity index (χ2v) is 6.22. The van der Waals surface area contributed by atoms with Gasteiger partial charge >= 0.3 is 5.97 Å². The molecule has 0 bridgehead atoms. The minimum absolute atomic E-state index is 0.0763. The lowest BCUT2D eigenvalue weighted by Gasteiger charge is -2.18. The van der Waals surface area contributed by atoms with Gasteiger partial charge in [0.05, 0.1) is 17.9 Å². The zero-order chi connectivity index (χ0) is 14.7. The van der Waals surface area contributed by atoms with E-state index in [1.165, 1.54) is 12.8 Å². The maximum absolute atomic E-state index is 11.0. The van der Waals surface area contributed by atoms with Crippen molar-refractivity contribution in [3.05, 3.63) is 35.5 Å². The molecule has 0 atom stereocenters. The van der Waals surface area contributed by atoms with Crippen LogP contribution in [0.25, 0.3) is 10.7 Å². The Balaban J connectivity index is 1.68. The van der Waals surface area contributed by atoms with Gasteiger partial charge in [-0.3, -0.25) is 14.7 Å². The zero-order valence-electron chi connectivity index (χ0n) is 11.6. The number of aromatic nitrogens is 2. The van der Waals surface area contributed by atoms with Gasteiger partial charge in [-0.15, -0.1) is 11.3 Å². The van der Waals surface area contributed by atoms with E-state index in [0.717, 1.165) is 22.9 Å².